The molecule has 59 heavy (non-hydrogen) atoms. The van der Waals surface area contributed by atoms with Crippen LogP contribution < -0.4 is 0 Å². The predicted molar refractivity (Wildman–Crippen MR) is 249 cm³/mol. The van der Waals surface area contributed by atoms with E-state index in [1.165, 1.54) is 95.5 Å². The van der Waals surface area contributed by atoms with Gasteiger partial charge in [0.25, 0.3) is 0 Å². The van der Waals surface area contributed by atoms with Crippen LogP contribution in [0.2, 0.25) is 0 Å². The third-order valence-corrected chi connectivity index (χ3v) is 13.6. The Morgan fingerprint density at radius 3 is 1.49 bits per heavy atom. The monoisotopic (exact) mass is 760 g/mol. The van der Waals surface area contributed by atoms with Gasteiger partial charge in [-0.1, -0.05) is 125 Å². The lowest BCUT2D eigenvalue weighted by Gasteiger charge is -2.42. The summed E-state index contributed by atoms with van der Waals surface area (Å²) in [6.07, 6.45) is 2.44. The van der Waals surface area contributed by atoms with Crippen LogP contribution in [-0.4, -0.2) is 9.13 Å². The molecule has 0 atom stereocenters. The fourth-order valence-electron chi connectivity index (χ4n) is 10.3. The standard InChI is InChI=1S/C56H44N2O/c1-55(2)29-30-56(3,4)48-33-38(19-26-47(48)55)35-17-22-39(23-18-35)57-49-14-8-5-11-41(49)45-31-36(20-27-51(45)57)37-21-28-52-46(32-37)42-12-6-9-15-50(42)58(52)40-24-25-44-43-13-7-10-16-53(43)59-54(44)34-40/h5-28,31-34H,29-30H2,1-4H3. The van der Waals surface area contributed by atoms with Crippen LogP contribution in [0.5, 0.6) is 0 Å². The van der Waals surface area contributed by atoms with Gasteiger partial charge in [-0.25, -0.2) is 0 Å². The molecule has 0 saturated carbocycles. The van der Waals surface area contributed by atoms with Crippen LogP contribution in [0.15, 0.2) is 174 Å². The molecule has 0 spiro atoms. The summed E-state index contributed by atoms with van der Waals surface area (Å²) in [6, 6.07) is 62.7. The maximum atomic E-state index is 6.32. The van der Waals surface area contributed by atoms with Crippen LogP contribution in [0, 0.1) is 0 Å². The maximum Gasteiger partial charge on any atom is 0.137 e. The smallest absolute Gasteiger partial charge is 0.137 e. The second kappa shape index (κ2) is 12.3. The van der Waals surface area contributed by atoms with Crippen molar-refractivity contribution < 1.29 is 4.42 Å². The topological polar surface area (TPSA) is 23.0 Å². The van der Waals surface area contributed by atoms with Crippen molar-refractivity contribution in [3.8, 4) is 33.6 Å². The molecule has 0 radical (unpaired) electrons. The second-order valence-corrected chi connectivity index (χ2v) is 18.0. The lowest BCUT2D eigenvalue weighted by atomic mass is 9.63. The summed E-state index contributed by atoms with van der Waals surface area (Å²) < 4.78 is 11.1. The first-order chi connectivity index (χ1) is 28.7. The van der Waals surface area contributed by atoms with E-state index in [1.54, 1.807) is 0 Å². The van der Waals surface area contributed by atoms with Gasteiger partial charge < -0.3 is 13.6 Å². The molecule has 3 heteroatoms. The molecule has 0 unspecified atom stereocenters. The summed E-state index contributed by atoms with van der Waals surface area (Å²) >= 11 is 0. The van der Waals surface area contributed by atoms with Crippen LogP contribution in [0.4, 0.5) is 0 Å². The van der Waals surface area contributed by atoms with E-state index in [0.717, 1.165) is 27.6 Å². The highest BCUT2D eigenvalue weighted by molar-refractivity contribution is 6.13. The van der Waals surface area contributed by atoms with Gasteiger partial charge in [-0.2, -0.15) is 0 Å². The first kappa shape index (κ1) is 34.2. The molecule has 0 bridgehead atoms. The van der Waals surface area contributed by atoms with Crippen molar-refractivity contribution >= 4 is 65.6 Å². The summed E-state index contributed by atoms with van der Waals surface area (Å²) in [4.78, 5) is 0. The Balaban J connectivity index is 0.944. The summed E-state index contributed by atoms with van der Waals surface area (Å²) in [7, 11) is 0. The number of nitrogens with zero attached hydrogens (tertiary/aromatic N) is 2. The largest absolute Gasteiger partial charge is 0.456 e. The van der Waals surface area contributed by atoms with Gasteiger partial charge >= 0.3 is 0 Å². The van der Waals surface area contributed by atoms with E-state index in [-0.39, 0.29) is 10.8 Å². The van der Waals surface area contributed by atoms with Crippen molar-refractivity contribution in [2.75, 3.05) is 0 Å². The molecule has 0 fully saturated rings. The van der Waals surface area contributed by atoms with Crippen molar-refractivity contribution in [3.63, 3.8) is 0 Å². The van der Waals surface area contributed by atoms with E-state index < -0.39 is 0 Å². The molecule has 1 aliphatic carbocycles. The molecule has 12 rings (SSSR count). The van der Waals surface area contributed by atoms with Crippen molar-refractivity contribution in [2.24, 2.45) is 0 Å². The van der Waals surface area contributed by atoms with Gasteiger partial charge in [0.1, 0.15) is 11.2 Å². The fraction of sp³-hybridized carbons (Fsp3) is 0.143. The first-order valence-electron chi connectivity index (χ1n) is 21.0. The van der Waals surface area contributed by atoms with Crippen LogP contribution >= 0.6 is 0 Å². The van der Waals surface area contributed by atoms with E-state index in [9.17, 15) is 0 Å². The minimum absolute atomic E-state index is 0.180. The summed E-state index contributed by atoms with van der Waals surface area (Å²) in [5.41, 5.74) is 17.2. The Kier molecular flexibility index (Phi) is 7.15. The normalized spacial score (nSPS) is 14.9. The van der Waals surface area contributed by atoms with Crippen molar-refractivity contribution in [3.05, 3.63) is 181 Å². The van der Waals surface area contributed by atoms with Gasteiger partial charge in [-0.15, -0.1) is 0 Å². The van der Waals surface area contributed by atoms with E-state index in [1.807, 2.05) is 12.1 Å². The average Bonchev–Trinajstić information content (AvgIpc) is 3.92. The lowest BCUT2D eigenvalue weighted by molar-refractivity contribution is 0.332. The predicted octanol–water partition coefficient (Wildman–Crippen LogP) is 15.5. The average molecular weight is 761 g/mol. The molecule has 0 saturated heterocycles. The summed E-state index contributed by atoms with van der Waals surface area (Å²) in [5, 5.41) is 7.26. The Morgan fingerprint density at radius 2 is 0.831 bits per heavy atom. The molecule has 0 aliphatic heterocycles. The van der Waals surface area contributed by atoms with Crippen LogP contribution in [0.1, 0.15) is 51.7 Å². The quantitative estimate of drug-likeness (QED) is 0.175. The molecule has 11 aromatic rings. The zero-order valence-corrected chi connectivity index (χ0v) is 33.9. The molecule has 3 aromatic heterocycles. The van der Waals surface area contributed by atoms with Crippen molar-refractivity contribution in [1.29, 1.82) is 0 Å². The van der Waals surface area contributed by atoms with Crippen molar-refractivity contribution in [2.45, 2.75) is 51.4 Å². The minimum atomic E-state index is 0.180. The molecule has 284 valence electrons. The van der Waals surface area contributed by atoms with Gasteiger partial charge in [0, 0.05) is 49.8 Å². The Bertz CT molecular complexity index is 3500. The first-order valence-corrected chi connectivity index (χ1v) is 21.0. The molecule has 3 heterocycles. The highest BCUT2D eigenvalue weighted by Gasteiger charge is 2.37. The highest BCUT2D eigenvalue weighted by Crippen LogP contribution is 2.47. The third kappa shape index (κ3) is 5.14. The maximum absolute atomic E-state index is 6.32. The minimum Gasteiger partial charge on any atom is -0.456 e. The van der Waals surface area contributed by atoms with Crippen LogP contribution in [-0.2, 0) is 10.8 Å². The Morgan fingerprint density at radius 1 is 0.356 bits per heavy atom. The second-order valence-electron chi connectivity index (χ2n) is 18.0. The number of fused-ring (bicyclic) bond motifs is 10. The number of furan rings is 1. The number of benzene rings is 8. The molecular weight excluding hydrogens is 717 g/mol. The highest BCUT2D eigenvalue weighted by atomic mass is 16.3. The lowest BCUT2D eigenvalue weighted by Crippen LogP contribution is -2.33. The zero-order chi connectivity index (χ0) is 39.6. The van der Waals surface area contributed by atoms with E-state index >= 15 is 0 Å². The molecule has 0 N–H and O–H groups in total. The Hall–Kier alpha value is -6.84. The number of hydrogen-bond acceptors (Lipinski definition) is 1. The van der Waals surface area contributed by atoms with Crippen LogP contribution in [0.3, 0.4) is 0 Å². The molecule has 8 aromatic carbocycles. The zero-order valence-electron chi connectivity index (χ0n) is 33.9. The van der Waals surface area contributed by atoms with Gasteiger partial charge in [0.15, 0.2) is 0 Å². The summed E-state index contributed by atoms with van der Waals surface area (Å²) in [5.74, 6) is 0. The molecule has 3 nitrogen and oxygen atoms in total. The third-order valence-electron chi connectivity index (χ3n) is 13.6. The van der Waals surface area contributed by atoms with E-state index in [0.29, 0.717) is 0 Å². The molecule has 1 aliphatic rings. The van der Waals surface area contributed by atoms with Gasteiger partial charge in [-0.3, -0.25) is 0 Å². The number of rotatable bonds is 4. The molecule has 0 amide bonds. The van der Waals surface area contributed by atoms with E-state index in [2.05, 4.69) is 195 Å². The van der Waals surface area contributed by atoms with E-state index in [4.69, 9.17) is 4.42 Å². The number of hydrogen-bond donors (Lipinski definition) is 0. The van der Waals surface area contributed by atoms with Crippen LogP contribution in [0.25, 0.3) is 99.2 Å². The SMILES string of the molecule is CC1(C)CCC(C)(C)c2cc(-c3ccc(-n4c5ccccc5c5cc(-c6ccc7c(c6)c6ccccc6n7-c6ccc7c(c6)oc6ccccc67)ccc54)cc3)ccc21. The van der Waals surface area contributed by atoms with Crippen molar-refractivity contribution in [1.82, 2.24) is 9.13 Å². The summed E-state index contributed by atoms with van der Waals surface area (Å²) in [6.45, 7) is 9.61. The van der Waals surface area contributed by atoms with Gasteiger partial charge in [-0.05, 0) is 124 Å². The molecular formula is C56H44N2O. The fourth-order valence-corrected chi connectivity index (χ4v) is 10.3. The van der Waals surface area contributed by atoms with Gasteiger partial charge in [0.05, 0.1) is 22.1 Å². The number of para-hydroxylation sites is 3. The van der Waals surface area contributed by atoms with Gasteiger partial charge in [0.2, 0.25) is 0 Å². The Labute approximate surface area is 343 Å². The number of aromatic nitrogens is 2.